The molecule has 112 valence electrons. The normalized spacial score (nSPS) is 11.9. The molecule has 4 heteroatoms. The molecule has 0 saturated heterocycles. The molecule has 0 aliphatic heterocycles. The van der Waals surface area contributed by atoms with Gasteiger partial charge in [-0.25, -0.2) is 0 Å². The molecule has 2 aromatic rings. The van der Waals surface area contributed by atoms with Crippen molar-refractivity contribution >= 4 is 18.3 Å². The van der Waals surface area contributed by atoms with Crippen LogP contribution in [0.25, 0.3) is 12.7 Å². The first-order valence-electron chi connectivity index (χ1n) is 7.36. The first kappa shape index (κ1) is 15.2. The molecule has 2 rings (SSSR count). The Morgan fingerprint density at radius 2 is 1.81 bits per heavy atom. The lowest BCUT2D eigenvalue weighted by Crippen LogP contribution is -2.30. The SMILES string of the molecule is C=c1o/c(=C/c2ccc(N(CC)CC)cc2)c(=O)n1CC. The Balaban J connectivity index is 2.38. The summed E-state index contributed by atoms with van der Waals surface area (Å²) in [6.07, 6.45) is 1.76. The highest BCUT2D eigenvalue weighted by Gasteiger charge is 2.03. The number of nitrogens with zero attached hydrogens (tertiary/aromatic N) is 2. The predicted octanol–water partition coefficient (Wildman–Crippen LogP) is 1.55. The van der Waals surface area contributed by atoms with Gasteiger partial charge >= 0.3 is 0 Å². The number of hydrogen-bond donors (Lipinski definition) is 0. The minimum atomic E-state index is -0.129. The monoisotopic (exact) mass is 286 g/mol. The average Bonchev–Trinajstić information content (AvgIpc) is 2.76. The largest absolute Gasteiger partial charge is 0.436 e. The molecule has 0 amide bonds. The van der Waals surface area contributed by atoms with E-state index < -0.39 is 0 Å². The quantitative estimate of drug-likeness (QED) is 0.837. The number of aromatic nitrogens is 1. The molecule has 0 unspecified atom stereocenters. The molecule has 1 aromatic heterocycles. The van der Waals surface area contributed by atoms with Gasteiger partial charge in [-0.05, 0) is 51.1 Å². The van der Waals surface area contributed by atoms with E-state index in [1.165, 1.54) is 10.3 Å². The maximum absolute atomic E-state index is 12.1. The molecular formula is C17H22N2O2. The first-order chi connectivity index (χ1) is 10.1. The highest BCUT2D eigenvalue weighted by Crippen LogP contribution is 2.14. The summed E-state index contributed by atoms with van der Waals surface area (Å²) in [4.78, 5) is 14.4. The second-order valence-electron chi connectivity index (χ2n) is 4.82. The van der Waals surface area contributed by atoms with Gasteiger partial charge in [-0.15, -0.1) is 0 Å². The standard InChI is InChI=1S/C17H22N2O2/c1-5-18(6-2)15-10-8-14(9-11-15)12-16-17(20)19(7-3)13(4)21-16/h8-12H,4-7H2,1-3H3/b16-12+. The van der Waals surface area contributed by atoms with E-state index in [9.17, 15) is 4.79 Å². The van der Waals surface area contributed by atoms with E-state index in [1.54, 1.807) is 6.08 Å². The van der Waals surface area contributed by atoms with E-state index >= 15 is 0 Å². The van der Waals surface area contributed by atoms with E-state index in [0.717, 1.165) is 18.7 Å². The summed E-state index contributed by atoms with van der Waals surface area (Å²) in [6.45, 7) is 12.4. The molecule has 0 radical (unpaired) electrons. The van der Waals surface area contributed by atoms with Crippen LogP contribution >= 0.6 is 0 Å². The lowest BCUT2D eigenvalue weighted by atomic mass is 10.2. The van der Waals surface area contributed by atoms with E-state index in [-0.39, 0.29) is 5.56 Å². The van der Waals surface area contributed by atoms with E-state index in [0.29, 0.717) is 17.5 Å². The molecule has 0 spiro atoms. The molecule has 0 N–H and O–H groups in total. The third-order valence-electron chi connectivity index (χ3n) is 3.62. The Morgan fingerprint density at radius 3 is 2.29 bits per heavy atom. The van der Waals surface area contributed by atoms with Crippen molar-refractivity contribution in [2.24, 2.45) is 0 Å². The topological polar surface area (TPSA) is 38.4 Å². The van der Waals surface area contributed by atoms with Crippen molar-refractivity contribution in [2.45, 2.75) is 27.3 Å². The van der Waals surface area contributed by atoms with Crippen molar-refractivity contribution in [2.75, 3.05) is 18.0 Å². The fourth-order valence-electron chi connectivity index (χ4n) is 2.40. The predicted molar refractivity (Wildman–Crippen MR) is 87.0 cm³/mol. The zero-order valence-electron chi connectivity index (χ0n) is 12.9. The lowest BCUT2D eigenvalue weighted by molar-refractivity contribution is 0.469. The molecule has 0 saturated carbocycles. The van der Waals surface area contributed by atoms with Crippen LogP contribution in [0.5, 0.6) is 0 Å². The first-order valence-corrected chi connectivity index (χ1v) is 7.36. The molecule has 21 heavy (non-hydrogen) atoms. The van der Waals surface area contributed by atoms with Crippen LogP contribution in [0.2, 0.25) is 0 Å². The van der Waals surface area contributed by atoms with Gasteiger partial charge in [-0.1, -0.05) is 12.1 Å². The third kappa shape index (κ3) is 3.10. The number of anilines is 1. The van der Waals surface area contributed by atoms with Crippen molar-refractivity contribution < 1.29 is 4.42 Å². The van der Waals surface area contributed by atoms with Gasteiger partial charge in [-0.3, -0.25) is 9.36 Å². The van der Waals surface area contributed by atoms with Crippen molar-refractivity contribution in [1.29, 1.82) is 0 Å². The molecule has 1 aromatic carbocycles. The minimum absolute atomic E-state index is 0.129. The second-order valence-corrected chi connectivity index (χ2v) is 4.82. The van der Waals surface area contributed by atoms with Crippen LogP contribution in [0.15, 0.2) is 33.5 Å². The van der Waals surface area contributed by atoms with Crippen molar-refractivity contribution in [3.63, 3.8) is 0 Å². The molecule has 0 aliphatic rings. The number of rotatable bonds is 5. The smallest absolute Gasteiger partial charge is 0.296 e. The van der Waals surface area contributed by atoms with Crippen LogP contribution < -0.4 is 21.4 Å². The zero-order chi connectivity index (χ0) is 15.4. The summed E-state index contributed by atoms with van der Waals surface area (Å²) < 4.78 is 6.96. The Morgan fingerprint density at radius 1 is 1.19 bits per heavy atom. The van der Waals surface area contributed by atoms with Crippen molar-refractivity contribution in [3.05, 3.63) is 51.1 Å². The summed E-state index contributed by atoms with van der Waals surface area (Å²) in [5, 5.41) is 0. The fraction of sp³-hybridized carbons (Fsp3) is 0.353. The Hall–Kier alpha value is -2.23. The second kappa shape index (κ2) is 6.48. The summed E-state index contributed by atoms with van der Waals surface area (Å²) in [5.41, 5.74) is 2.72. The van der Waals surface area contributed by atoms with Gasteiger partial charge in [-0.2, -0.15) is 0 Å². The summed E-state index contributed by atoms with van der Waals surface area (Å²) >= 11 is 0. The number of benzene rings is 1. The summed E-state index contributed by atoms with van der Waals surface area (Å²) in [6, 6.07) is 8.11. The molecule has 0 atom stereocenters. The minimum Gasteiger partial charge on any atom is -0.436 e. The maximum atomic E-state index is 12.1. The van der Waals surface area contributed by atoms with Crippen LogP contribution in [-0.4, -0.2) is 17.7 Å². The molecular weight excluding hydrogens is 264 g/mol. The molecule has 0 fully saturated rings. The van der Waals surface area contributed by atoms with E-state index in [1.807, 2.05) is 19.1 Å². The van der Waals surface area contributed by atoms with Gasteiger partial charge in [0, 0.05) is 25.3 Å². The fourth-order valence-corrected chi connectivity index (χ4v) is 2.40. The number of hydrogen-bond acceptors (Lipinski definition) is 3. The van der Waals surface area contributed by atoms with Gasteiger partial charge in [0.1, 0.15) is 0 Å². The van der Waals surface area contributed by atoms with Crippen molar-refractivity contribution in [3.8, 4) is 0 Å². The summed E-state index contributed by atoms with van der Waals surface area (Å²) in [5.74, 6) is 0. The summed E-state index contributed by atoms with van der Waals surface area (Å²) in [7, 11) is 0. The number of oxazole rings is 1. The van der Waals surface area contributed by atoms with Gasteiger partial charge in [0.25, 0.3) is 5.56 Å². The Kier molecular flexibility index (Phi) is 4.68. The van der Waals surface area contributed by atoms with Gasteiger partial charge in [0.15, 0.2) is 11.0 Å². The molecule has 0 bridgehead atoms. The van der Waals surface area contributed by atoms with Crippen LogP contribution in [0.3, 0.4) is 0 Å². The highest BCUT2D eigenvalue weighted by molar-refractivity contribution is 5.55. The Bertz CT molecular complexity index is 750. The van der Waals surface area contributed by atoms with Crippen LogP contribution in [0, 0.1) is 0 Å². The van der Waals surface area contributed by atoms with Crippen LogP contribution in [0.1, 0.15) is 26.3 Å². The van der Waals surface area contributed by atoms with Gasteiger partial charge < -0.3 is 9.32 Å². The highest BCUT2D eigenvalue weighted by atomic mass is 16.4. The van der Waals surface area contributed by atoms with Gasteiger partial charge in [0.05, 0.1) is 0 Å². The van der Waals surface area contributed by atoms with Crippen LogP contribution in [-0.2, 0) is 6.54 Å². The average molecular weight is 286 g/mol. The molecule has 4 nitrogen and oxygen atoms in total. The van der Waals surface area contributed by atoms with E-state index in [4.69, 9.17) is 4.42 Å². The Labute approximate surface area is 124 Å². The molecule has 1 heterocycles. The van der Waals surface area contributed by atoms with Crippen molar-refractivity contribution in [1.82, 2.24) is 4.57 Å². The van der Waals surface area contributed by atoms with Crippen LogP contribution in [0.4, 0.5) is 5.69 Å². The third-order valence-corrected chi connectivity index (χ3v) is 3.62. The van der Waals surface area contributed by atoms with E-state index in [2.05, 4.69) is 37.5 Å². The zero-order valence-corrected chi connectivity index (χ0v) is 12.9. The maximum Gasteiger partial charge on any atom is 0.296 e. The van der Waals surface area contributed by atoms with Gasteiger partial charge in [0.2, 0.25) is 0 Å². The lowest BCUT2D eigenvalue weighted by Gasteiger charge is -2.20. The molecule has 0 aliphatic carbocycles.